The first-order chi connectivity index (χ1) is 10.6. The van der Waals surface area contributed by atoms with Crippen LogP contribution >= 0.6 is 0 Å². The van der Waals surface area contributed by atoms with Crippen molar-refractivity contribution in [3.05, 3.63) is 65.2 Å². The first-order valence-electron chi connectivity index (χ1n) is 7.24. The molecule has 2 aromatic carbocycles. The number of aliphatic carboxylic acids is 1. The summed E-state index contributed by atoms with van der Waals surface area (Å²) in [5.41, 5.74) is 3.07. The minimum absolute atomic E-state index is 0.458. The molecule has 0 spiro atoms. The van der Waals surface area contributed by atoms with Crippen LogP contribution in [0, 0.1) is 6.92 Å². The number of hydrogen-bond donors (Lipinski definition) is 2. The van der Waals surface area contributed by atoms with Crippen LogP contribution in [-0.2, 0) is 17.8 Å². The summed E-state index contributed by atoms with van der Waals surface area (Å²) in [5.74, 6) is -0.0304. The molecular formula is C18H21NO3. The molecule has 4 nitrogen and oxygen atoms in total. The number of methoxy groups -OCH3 is 1. The van der Waals surface area contributed by atoms with E-state index in [1.165, 1.54) is 0 Å². The van der Waals surface area contributed by atoms with E-state index < -0.39 is 12.0 Å². The molecule has 0 amide bonds. The average Bonchev–Trinajstić information content (AvgIpc) is 2.53. The highest BCUT2D eigenvalue weighted by Crippen LogP contribution is 2.19. The monoisotopic (exact) mass is 299 g/mol. The number of carbonyl (C=O) groups is 1. The molecule has 2 N–H and O–H groups in total. The van der Waals surface area contributed by atoms with Gasteiger partial charge in [0.2, 0.25) is 0 Å². The Morgan fingerprint density at radius 2 is 1.91 bits per heavy atom. The van der Waals surface area contributed by atoms with Gasteiger partial charge < -0.3 is 15.2 Å². The van der Waals surface area contributed by atoms with E-state index in [1.807, 2.05) is 55.5 Å². The lowest BCUT2D eigenvalue weighted by Gasteiger charge is -2.15. The molecular weight excluding hydrogens is 278 g/mol. The van der Waals surface area contributed by atoms with Crippen LogP contribution < -0.4 is 10.1 Å². The fourth-order valence-electron chi connectivity index (χ4n) is 2.31. The summed E-state index contributed by atoms with van der Waals surface area (Å²) in [5, 5.41) is 12.5. The number of rotatable bonds is 7. The maximum absolute atomic E-state index is 11.4. The molecule has 0 saturated heterocycles. The molecule has 2 rings (SSSR count). The highest BCUT2D eigenvalue weighted by molar-refractivity contribution is 5.73. The standard InChI is InChI=1S/C18H21NO3/c1-13-8-9-15(11-17(13)22-2)12-19-16(18(20)21)10-14-6-4-3-5-7-14/h3-9,11,16,19H,10,12H2,1-2H3,(H,20,21)/t16-/m0/s1. The van der Waals surface area contributed by atoms with E-state index in [1.54, 1.807) is 7.11 Å². The minimum atomic E-state index is -0.845. The van der Waals surface area contributed by atoms with Crippen LogP contribution in [0.4, 0.5) is 0 Å². The van der Waals surface area contributed by atoms with E-state index in [-0.39, 0.29) is 0 Å². The topological polar surface area (TPSA) is 58.6 Å². The fraction of sp³-hybridized carbons (Fsp3) is 0.278. The number of aryl methyl sites for hydroxylation is 1. The van der Waals surface area contributed by atoms with Gasteiger partial charge in [-0.2, -0.15) is 0 Å². The predicted molar refractivity (Wildman–Crippen MR) is 86.1 cm³/mol. The molecule has 0 unspecified atom stereocenters. The lowest BCUT2D eigenvalue weighted by Crippen LogP contribution is -2.38. The maximum atomic E-state index is 11.4. The summed E-state index contributed by atoms with van der Waals surface area (Å²) < 4.78 is 5.29. The van der Waals surface area contributed by atoms with Crippen LogP contribution in [0.2, 0.25) is 0 Å². The molecule has 0 saturated carbocycles. The molecule has 2 aromatic rings. The van der Waals surface area contributed by atoms with E-state index >= 15 is 0 Å². The Kier molecular flexibility index (Phi) is 5.55. The van der Waals surface area contributed by atoms with Gasteiger partial charge in [-0.25, -0.2) is 0 Å². The Morgan fingerprint density at radius 1 is 1.18 bits per heavy atom. The number of hydrogen-bond acceptors (Lipinski definition) is 3. The van der Waals surface area contributed by atoms with E-state index in [0.29, 0.717) is 13.0 Å². The largest absolute Gasteiger partial charge is 0.496 e. The quantitative estimate of drug-likeness (QED) is 0.825. The van der Waals surface area contributed by atoms with Gasteiger partial charge in [0, 0.05) is 6.54 Å². The van der Waals surface area contributed by atoms with Crippen molar-refractivity contribution in [3.63, 3.8) is 0 Å². The number of nitrogens with one attached hydrogen (secondary N) is 1. The number of ether oxygens (including phenoxy) is 1. The molecule has 0 aliphatic heterocycles. The molecule has 0 radical (unpaired) electrons. The Balaban J connectivity index is 2.01. The van der Waals surface area contributed by atoms with Crippen molar-refractivity contribution >= 4 is 5.97 Å². The maximum Gasteiger partial charge on any atom is 0.321 e. The molecule has 4 heteroatoms. The SMILES string of the molecule is COc1cc(CN[C@@H](Cc2ccccc2)C(=O)O)ccc1C. The molecule has 0 bridgehead atoms. The highest BCUT2D eigenvalue weighted by Gasteiger charge is 2.17. The van der Waals surface area contributed by atoms with Crippen LogP contribution in [0.3, 0.4) is 0 Å². The molecule has 0 aliphatic rings. The summed E-state index contributed by atoms with van der Waals surface area (Å²) in [4.78, 5) is 11.4. The third-order valence-electron chi connectivity index (χ3n) is 3.61. The number of carboxylic acids is 1. The zero-order valence-electron chi connectivity index (χ0n) is 12.9. The zero-order chi connectivity index (χ0) is 15.9. The van der Waals surface area contributed by atoms with Gasteiger partial charge in [0.1, 0.15) is 11.8 Å². The van der Waals surface area contributed by atoms with Gasteiger partial charge in [0.05, 0.1) is 7.11 Å². The zero-order valence-corrected chi connectivity index (χ0v) is 12.9. The van der Waals surface area contributed by atoms with Crippen molar-refractivity contribution in [1.29, 1.82) is 0 Å². The lowest BCUT2D eigenvalue weighted by molar-refractivity contribution is -0.139. The van der Waals surface area contributed by atoms with Crippen LogP contribution in [0.1, 0.15) is 16.7 Å². The van der Waals surface area contributed by atoms with Gasteiger partial charge in [0.25, 0.3) is 0 Å². The smallest absolute Gasteiger partial charge is 0.321 e. The summed E-state index contributed by atoms with van der Waals surface area (Å²) in [6.07, 6.45) is 0.458. The predicted octanol–water partition coefficient (Wildman–Crippen LogP) is 2.79. The average molecular weight is 299 g/mol. The van der Waals surface area contributed by atoms with Crippen molar-refractivity contribution in [1.82, 2.24) is 5.32 Å². The number of benzene rings is 2. The normalized spacial score (nSPS) is 11.9. The molecule has 0 aliphatic carbocycles. The Bertz CT molecular complexity index is 625. The van der Waals surface area contributed by atoms with Gasteiger partial charge >= 0.3 is 5.97 Å². The summed E-state index contributed by atoms with van der Waals surface area (Å²) in [6.45, 7) is 2.46. The van der Waals surface area contributed by atoms with Crippen LogP contribution in [-0.4, -0.2) is 24.2 Å². The van der Waals surface area contributed by atoms with E-state index in [9.17, 15) is 9.90 Å². The van der Waals surface area contributed by atoms with Crippen LogP contribution in [0.25, 0.3) is 0 Å². The van der Waals surface area contributed by atoms with Crippen molar-refractivity contribution in [3.8, 4) is 5.75 Å². The molecule has 0 heterocycles. The first kappa shape index (κ1) is 16.0. The van der Waals surface area contributed by atoms with Crippen molar-refractivity contribution in [2.45, 2.75) is 25.9 Å². The van der Waals surface area contributed by atoms with Gasteiger partial charge in [-0.1, -0.05) is 42.5 Å². The van der Waals surface area contributed by atoms with Crippen molar-refractivity contribution < 1.29 is 14.6 Å². The number of carboxylic acid groups (broad SMARTS) is 1. The Labute approximate surface area is 130 Å². The first-order valence-corrected chi connectivity index (χ1v) is 7.24. The van der Waals surface area contributed by atoms with Gasteiger partial charge in [0.15, 0.2) is 0 Å². The van der Waals surface area contributed by atoms with Gasteiger partial charge in [-0.3, -0.25) is 4.79 Å². The minimum Gasteiger partial charge on any atom is -0.496 e. The van der Waals surface area contributed by atoms with Crippen molar-refractivity contribution in [2.24, 2.45) is 0 Å². The van der Waals surface area contributed by atoms with E-state index in [2.05, 4.69) is 5.32 Å². The molecule has 0 fully saturated rings. The van der Waals surface area contributed by atoms with Gasteiger partial charge in [-0.05, 0) is 36.1 Å². The molecule has 1 atom stereocenters. The third-order valence-corrected chi connectivity index (χ3v) is 3.61. The molecule has 0 aromatic heterocycles. The van der Waals surface area contributed by atoms with Crippen LogP contribution in [0.5, 0.6) is 5.75 Å². The second-order valence-electron chi connectivity index (χ2n) is 5.27. The fourth-order valence-corrected chi connectivity index (χ4v) is 2.31. The second-order valence-corrected chi connectivity index (χ2v) is 5.27. The molecule has 116 valence electrons. The van der Waals surface area contributed by atoms with Crippen LogP contribution in [0.15, 0.2) is 48.5 Å². The summed E-state index contributed by atoms with van der Waals surface area (Å²) in [7, 11) is 1.63. The summed E-state index contributed by atoms with van der Waals surface area (Å²) >= 11 is 0. The Hall–Kier alpha value is -2.33. The second kappa shape index (κ2) is 7.61. The lowest BCUT2D eigenvalue weighted by atomic mass is 10.1. The third kappa shape index (κ3) is 4.33. The van der Waals surface area contributed by atoms with E-state index in [4.69, 9.17) is 4.74 Å². The van der Waals surface area contributed by atoms with Crippen molar-refractivity contribution in [2.75, 3.05) is 7.11 Å². The van der Waals surface area contributed by atoms with Gasteiger partial charge in [-0.15, -0.1) is 0 Å². The highest BCUT2D eigenvalue weighted by atomic mass is 16.5. The van der Waals surface area contributed by atoms with E-state index in [0.717, 1.165) is 22.4 Å². The Morgan fingerprint density at radius 3 is 2.55 bits per heavy atom. The summed E-state index contributed by atoms with van der Waals surface area (Å²) in [6, 6.07) is 14.9. The molecule has 22 heavy (non-hydrogen) atoms.